The van der Waals surface area contributed by atoms with Gasteiger partial charge in [-0.05, 0) is 60.6 Å². The van der Waals surface area contributed by atoms with Crippen LogP contribution in [0.4, 0.5) is 0 Å². The molecule has 0 amide bonds. The van der Waals surface area contributed by atoms with Gasteiger partial charge in [-0.15, -0.1) is 0 Å². The van der Waals surface area contributed by atoms with E-state index in [2.05, 4.69) is 103 Å². The fourth-order valence-corrected chi connectivity index (χ4v) is 6.60. The first kappa shape index (κ1) is 26.2. The molecule has 0 atom stereocenters. The summed E-state index contributed by atoms with van der Waals surface area (Å²) in [5.41, 5.74) is 7.58. The zero-order valence-corrected chi connectivity index (χ0v) is 24.9. The Labute approximate surface area is 266 Å². The van der Waals surface area contributed by atoms with Crippen LogP contribution >= 0.6 is 0 Å². The van der Waals surface area contributed by atoms with Crippen molar-refractivity contribution in [1.82, 2.24) is 15.0 Å². The molecule has 8 aromatic carbocycles. The van der Waals surface area contributed by atoms with Crippen molar-refractivity contribution in [3.8, 4) is 56.4 Å². The number of aromatic nitrogens is 3. The molecule has 1 heterocycles. The van der Waals surface area contributed by atoms with Gasteiger partial charge >= 0.3 is 0 Å². The Balaban J connectivity index is 1.11. The lowest BCUT2D eigenvalue weighted by atomic mass is 9.89. The van der Waals surface area contributed by atoms with Crippen molar-refractivity contribution in [3.05, 3.63) is 164 Å². The molecule has 9 rings (SSSR count). The van der Waals surface area contributed by atoms with E-state index >= 15 is 0 Å². The third kappa shape index (κ3) is 4.49. The molecule has 3 nitrogen and oxygen atoms in total. The average Bonchev–Trinajstić information content (AvgIpc) is 3.14. The molecule has 0 aliphatic rings. The van der Waals surface area contributed by atoms with E-state index in [4.69, 9.17) is 15.0 Å². The summed E-state index contributed by atoms with van der Waals surface area (Å²) < 4.78 is 0. The molecule has 0 spiro atoms. The van der Waals surface area contributed by atoms with E-state index in [1.54, 1.807) is 0 Å². The molecule has 0 bridgehead atoms. The third-order valence-electron chi connectivity index (χ3n) is 8.88. The van der Waals surface area contributed by atoms with Crippen LogP contribution < -0.4 is 0 Å². The summed E-state index contributed by atoms with van der Waals surface area (Å²) in [5.74, 6) is 1.97. The molecule has 0 unspecified atom stereocenters. The van der Waals surface area contributed by atoms with Crippen LogP contribution in [0.15, 0.2) is 164 Å². The van der Waals surface area contributed by atoms with E-state index in [1.165, 1.54) is 43.4 Å². The second-order valence-electron chi connectivity index (χ2n) is 11.7. The van der Waals surface area contributed by atoms with Crippen LogP contribution in [-0.4, -0.2) is 15.0 Å². The van der Waals surface area contributed by atoms with Gasteiger partial charge in [0.15, 0.2) is 17.5 Å². The van der Waals surface area contributed by atoms with Crippen LogP contribution in [0.1, 0.15) is 0 Å². The highest BCUT2D eigenvalue weighted by Crippen LogP contribution is 2.39. The fourth-order valence-electron chi connectivity index (χ4n) is 6.60. The van der Waals surface area contributed by atoms with Crippen molar-refractivity contribution in [3.63, 3.8) is 0 Å². The Kier molecular flexibility index (Phi) is 6.14. The molecule has 0 aliphatic heterocycles. The van der Waals surface area contributed by atoms with E-state index in [0.29, 0.717) is 17.5 Å². The van der Waals surface area contributed by atoms with E-state index < -0.39 is 0 Å². The number of rotatable bonds is 5. The minimum Gasteiger partial charge on any atom is -0.208 e. The normalized spacial score (nSPS) is 11.5. The number of nitrogens with zero attached hydrogens (tertiary/aromatic N) is 3. The number of hydrogen-bond donors (Lipinski definition) is 0. The van der Waals surface area contributed by atoms with E-state index in [0.717, 1.165) is 27.8 Å². The van der Waals surface area contributed by atoms with Gasteiger partial charge in [0.2, 0.25) is 0 Å². The molecule has 0 saturated heterocycles. The molecule has 3 heteroatoms. The maximum Gasteiger partial charge on any atom is 0.164 e. The second kappa shape index (κ2) is 10.8. The van der Waals surface area contributed by atoms with Crippen LogP contribution in [0, 0.1) is 0 Å². The highest BCUT2D eigenvalue weighted by molar-refractivity contribution is 6.25. The van der Waals surface area contributed by atoms with Crippen LogP contribution in [0.3, 0.4) is 0 Å². The smallest absolute Gasteiger partial charge is 0.164 e. The minimum atomic E-state index is 0.653. The largest absolute Gasteiger partial charge is 0.208 e. The maximum absolute atomic E-state index is 4.93. The topological polar surface area (TPSA) is 38.7 Å². The second-order valence-corrected chi connectivity index (χ2v) is 11.7. The lowest BCUT2D eigenvalue weighted by Crippen LogP contribution is -2.00. The van der Waals surface area contributed by atoms with Crippen molar-refractivity contribution in [2.24, 2.45) is 0 Å². The summed E-state index contributed by atoms with van der Waals surface area (Å²) in [5, 5.41) is 7.82. The molecular formula is C43H27N3. The molecule has 0 radical (unpaired) electrons. The standard InChI is InChI=1S/C43H27N3/c1-3-9-33(10-4-1)41-44-42(34-11-5-2-6-12-34)46-43(45-41)36-16-8-15-35(27-36)28-17-19-29(20-18-28)37-25-23-32-22-21-30-13-7-14-31-24-26-38(37)40(32)39(30)31/h1-27H. The molecule has 1 aromatic heterocycles. The van der Waals surface area contributed by atoms with E-state index in [9.17, 15) is 0 Å². The van der Waals surface area contributed by atoms with Crippen molar-refractivity contribution in [2.45, 2.75) is 0 Å². The van der Waals surface area contributed by atoms with Crippen molar-refractivity contribution < 1.29 is 0 Å². The Morgan fingerprint density at radius 3 is 1.41 bits per heavy atom. The summed E-state index contributed by atoms with van der Waals surface area (Å²) >= 11 is 0. The highest BCUT2D eigenvalue weighted by atomic mass is 15.0. The molecule has 0 aliphatic carbocycles. The first-order valence-electron chi connectivity index (χ1n) is 15.5. The monoisotopic (exact) mass is 585 g/mol. The highest BCUT2D eigenvalue weighted by Gasteiger charge is 2.14. The quantitative estimate of drug-likeness (QED) is 0.189. The minimum absolute atomic E-state index is 0.653. The van der Waals surface area contributed by atoms with Gasteiger partial charge in [0.25, 0.3) is 0 Å². The Morgan fingerprint density at radius 2 is 0.761 bits per heavy atom. The lowest BCUT2D eigenvalue weighted by molar-refractivity contribution is 1.07. The van der Waals surface area contributed by atoms with E-state index in [-0.39, 0.29) is 0 Å². The van der Waals surface area contributed by atoms with Crippen molar-refractivity contribution in [2.75, 3.05) is 0 Å². The fraction of sp³-hybridized carbons (Fsp3) is 0. The molecule has 0 fully saturated rings. The average molecular weight is 586 g/mol. The Hall–Kier alpha value is -6.19. The first-order chi connectivity index (χ1) is 22.8. The van der Waals surface area contributed by atoms with E-state index in [1.807, 2.05) is 60.7 Å². The zero-order valence-electron chi connectivity index (χ0n) is 24.9. The van der Waals surface area contributed by atoms with Crippen LogP contribution in [0.2, 0.25) is 0 Å². The van der Waals surface area contributed by atoms with Crippen molar-refractivity contribution in [1.29, 1.82) is 0 Å². The summed E-state index contributed by atoms with van der Waals surface area (Å²) in [7, 11) is 0. The first-order valence-corrected chi connectivity index (χ1v) is 15.5. The van der Waals surface area contributed by atoms with Crippen LogP contribution in [0.5, 0.6) is 0 Å². The Morgan fingerprint density at radius 1 is 0.283 bits per heavy atom. The summed E-state index contributed by atoms with van der Waals surface area (Å²) in [6.45, 7) is 0. The van der Waals surface area contributed by atoms with Crippen LogP contribution in [0.25, 0.3) is 88.7 Å². The molecule has 9 aromatic rings. The Bertz CT molecular complexity index is 2430. The summed E-state index contributed by atoms with van der Waals surface area (Å²) in [6.07, 6.45) is 0. The predicted octanol–water partition coefficient (Wildman–Crippen LogP) is 11.1. The molecule has 46 heavy (non-hydrogen) atoms. The number of hydrogen-bond acceptors (Lipinski definition) is 3. The molecule has 0 saturated carbocycles. The maximum atomic E-state index is 4.93. The molecule has 0 N–H and O–H groups in total. The van der Waals surface area contributed by atoms with Gasteiger partial charge < -0.3 is 0 Å². The summed E-state index contributed by atoms with van der Waals surface area (Å²) in [6, 6.07) is 57.6. The SMILES string of the molecule is c1ccc(-c2nc(-c3ccccc3)nc(-c3cccc(-c4ccc(-c5ccc6ccc7cccc8ccc5c6c78)cc4)c3)n2)cc1. The lowest BCUT2D eigenvalue weighted by Gasteiger charge is -2.14. The van der Waals surface area contributed by atoms with Gasteiger partial charge in [-0.2, -0.15) is 0 Å². The predicted molar refractivity (Wildman–Crippen MR) is 191 cm³/mol. The molecule has 214 valence electrons. The van der Waals surface area contributed by atoms with Crippen LogP contribution in [-0.2, 0) is 0 Å². The number of benzene rings is 8. The third-order valence-corrected chi connectivity index (χ3v) is 8.88. The van der Waals surface area contributed by atoms with Gasteiger partial charge in [0.1, 0.15) is 0 Å². The zero-order chi connectivity index (χ0) is 30.5. The molecular weight excluding hydrogens is 558 g/mol. The van der Waals surface area contributed by atoms with Gasteiger partial charge in [0.05, 0.1) is 0 Å². The summed E-state index contributed by atoms with van der Waals surface area (Å²) in [4.78, 5) is 14.7. The van der Waals surface area contributed by atoms with Gasteiger partial charge in [0, 0.05) is 16.7 Å². The van der Waals surface area contributed by atoms with Gasteiger partial charge in [-0.3, -0.25) is 0 Å². The van der Waals surface area contributed by atoms with Gasteiger partial charge in [-0.1, -0.05) is 158 Å². The van der Waals surface area contributed by atoms with Gasteiger partial charge in [-0.25, -0.2) is 15.0 Å². The van der Waals surface area contributed by atoms with Crippen molar-refractivity contribution >= 4 is 32.3 Å².